The Morgan fingerprint density at radius 2 is 1.72 bits per heavy atom. The molecular formula is C29H38F3N7O4. The van der Waals surface area contributed by atoms with Crippen LogP contribution in [-0.4, -0.2) is 42.3 Å². The maximum atomic E-state index is 13.6. The summed E-state index contributed by atoms with van der Waals surface area (Å²) < 4.78 is 45.5. The fourth-order valence-electron chi connectivity index (χ4n) is 4.86. The smallest absolute Gasteiger partial charge is 0.416 e. The number of nitrogens with zero attached hydrogens (tertiary/aromatic N) is 1. The van der Waals surface area contributed by atoms with Crippen molar-refractivity contribution in [2.75, 3.05) is 11.9 Å². The fraction of sp³-hybridized carbons (Fsp3) is 0.448. The molecule has 0 unspecified atom stereocenters. The lowest BCUT2D eigenvalue weighted by atomic mass is 9.84. The Bertz CT molecular complexity index is 1310. The third kappa shape index (κ3) is 10.5. The van der Waals surface area contributed by atoms with Crippen LogP contribution in [0.3, 0.4) is 0 Å². The Balaban J connectivity index is 1.82. The molecule has 0 spiro atoms. The predicted molar refractivity (Wildman–Crippen MR) is 156 cm³/mol. The van der Waals surface area contributed by atoms with E-state index in [4.69, 9.17) is 27.7 Å². The molecule has 11 nitrogen and oxygen atoms in total. The van der Waals surface area contributed by atoms with E-state index in [0.29, 0.717) is 19.4 Å². The predicted octanol–water partition coefficient (Wildman–Crippen LogP) is 3.37. The summed E-state index contributed by atoms with van der Waals surface area (Å²) in [5, 5.41) is 5.46. The quantitative estimate of drug-likeness (QED) is 0.114. The van der Waals surface area contributed by atoms with Gasteiger partial charge in [0.05, 0.1) is 17.3 Å². The zero-order chi connectivity index (χ0) is 31.6. The molecule has 43 heavy (non-hydrogen) atoms. The first-order chi connectivity index (χ1) is 20.3. The number of anilines is 1. The Kier molecular flexibility index (Phi) is 11.8. The molecule has 0 radical (unpaired) electrons. The van der Waals surface area contributed by atoms with Crippen molar-refractivity contribution in [3.8, 4) is 11.5 Å². The lowest BCUT2D eigenvalue weighted by Crippen LogP contribution is -2.50. The van der Waals surface area contributed by atoms with Gasteiger partial charge in [0.2, 0.25) is 17.7 Å². The van der Waals surface area contributed by atoms with Gasteiger partial charge in [0.15, 0.2) is 11.7 Å². The summed E-state index contributed by atoms with van der Waals surface area (Å²) in [5.74, 6) is -2.06. The molecule has 2 aromatic rings. The Hall–Kier alpha value is -4.33. The van der Waals surface area contributed by atoms with E-state index >= 15 is 0 Å². The average molecular weight is 606 g/mol. The number of benzene rings is 2. The largest absolute Gasteiger partial charge is 0.455 e. The normalized spacial score (nSPS) is 15.2. The molecule has 0 saturated heterocycles. The van der Waals surface area contributed by atoms with E-state index in [0.717, 1.165) is 44.2 Å². The molecular weight excluding hydrogens is 567 g/mol. The van der Waals surface area contributed by atoms with Crippen molar-refractivity contribution < 1.29 is 32.3 Å². The molecule has 0 aromatic heterocycles. The van der Waals surface area contributed by atoms with Crippen LogP contribution in [0.4, 0.5) is 18.9 Å². The van der Waals surface area contributed by atoms with Gasteiger partial charge in [-0.1, -0.05) is 38.2 Å². The maximum absolute atomic E-state index is 13.6. The second kappa shape index (κ2) is 15.2. The van der Waals surface area contributed by atoms with Gasteiger partial charge in [0.1, 0.15) is 11.8 Å². The molecule has 0 bridgehead atoms. The average Bonchev–Trinajstić information content (AvgIpc) is 2.95. The van der Waals surface area contributed by atoms with Gasteiger partial charge in [-0.15, -0.1) is 0 Å². The van der Waals surface area contributed by atoms with Gasteiger partial charge in [-0.3, -0.25) is 19.4 Å². The molecule has 0 heterocycles. The van der Waals surface area contributed by atoms with Crippen molar-refractivity contribution in [3.05, 3.63) is 53.6 Å². The first kappa shape index (κ1) is 33.2. The van der Waals surface area contributed by atoms with Crippen LogP contribution < -0.4 is 38.3 Å². The Labute approximate surface area is 247 Å². The molecule has 2 aromatic carbocycles. The van der Waals surface area contributed by atoms with E-state index in [-0.39, 0.29) is 41.0 Å². The first-order valence-electron chi connectivity index (χ1n) is 14.0. The number of hydrogen-bond acceptors (Lipinski definition) is 6. The van der Waals surface area contributed by atoms with Crippen LogP contribution in [0.1, 0.15) is 67.3 Å². The summed E-state index contributed by atoms with van der Waals surface area (Å²) in [6, 6.07) is 6.21. The van der Waals surface area contributed by atoms with Crippen LogP contribution in [0.25, 0.3) is 0 Å². The van der Waals surface area contributed by atoms with Gasteiger partial charge in [-0.2, -0.15) is 13.2 Å². The zero-order valence-electron chi connectivity index (χ0n) is 23.7. The number of hydrogen-bond donors (Lipinski definition) is 6. The maximum Gasteiger partial charge on any atom is 0.416 e. The van der Waals surface area contributed by atoms with E-state index < -0.39 is 41.5 Å². The number of carbonyl (C=O) groups is 3. The molecule has 1 fully saturated rings. The lowest BCUT2D eigenvalue weighted by molar-refractivity contribution is -0.137. The van der Waals surface area contributed by atoms with Gasteiger partial charge < -0.3 is 38.3 Å². The van der Waals surface area contributed by atoms with Gasteiger partial charge in [0.25, 0.3) is 0 Å². The molecule has 3 amide bonds. The van der Waals surface area contributed by atoms with Crippen molar-refractivity contribution in [2.24, 2.45) is 33.8 Å². The third-order valence-electron chi connectivity index (χ3n) is 7.14. The van der Waals surface area contributed by atoms with Crippen molar-refractivity contribution in [2.45, 2.75) is 69.6 Å². The van der Waals surface area contributed by atoms with Crippen molar-refractivity contribution >= 4 is 29.4 Å². The number of halogens is 3. The van der Waals surface area contributed by atoms with Gasteiger partial charge in [-0.25, -0.2) is 0 Å². The highest BCUT2D eigenvalue weighted by atomic mass is 19.4. The molecule has 1 saturated carbocycles. The van der Waals surface area contributed by atoms with Crippen molar-refractivity contribution in [1.82, 2.24) is 5.32 Å². The molecule has 10 N–H and O–H groups in total. The van der Waals surface area contributed by atoms with E-state index in [1.165, 1.54) is 30.3 Å². The minimum atomic E-state index is -4.61. The number of amides is 3. The summed E-state index contributed by atoms with van der Waals surface area (Å²) in [4.78, 5) is 42.2. The van der Waals surface area contributed by atoms with Gasteiger partial charge in [-0.05, 0) is 61.6 Å². The van der Waals surface area contributed by atoms with Gasteiger partial charge in [0, 0.05) is 12.1 Å². The number of nitrogens with one attached hydrogen (secondary N) is 2. The number of alkyl halides is 3. The summed E-state index contributed by atoms with van der Waals surface area (Å²) in [6.07, 6.45) is 1.43. The second-order valence-corrected chi connectivity index (χ2v) is 10.5. The molecule has 3 rings (SSSR count). The molecule has 234 valence electrons. The van der Waals surface area contributed by atoms with Crippen molar-refractivity contribution in [3.63, 3.8) is 0 Å². The molecule has 14 heteroatoms. The molecule has 0 aliphatic heterocycles. The third-order valence-corrected chi connectivity index (χ3v) is 7.14. The minimum absolute atomic E-state index is 0.0127. The first-order valence-corrected chi connectivity index (χ1v) is 14.0. The monoisotopic (exact) mass is 605 g/mol. The van der Waals surface area contributed by atoms with E-state index in [9.17, 15) is 27.6 Å². The van der Waals surface area contributed by atoms with E-state index in [1.54, 1.807) is 0 Å². The molecule has 2 atom stereocenters. The van der Waals surface area contributed by atoms with Gasteiger partial charge >= 0.3 is 6.18 Å². The summed E-state index contributed by atoms with van der Waals surface area (Å²) in [7, 11) is 0. The summed E-state index contributed by atoms with van der Waals surface area (Å²) in [6.45, 7) is 0.297. The lowest BCUT2D eigenvalue weighted by Gasteiger charge is -2.27. The van der Waals surface area contributed by atoms with E-state index in [1.807, 2.05) is 0 Å². The molecule has 1 aliphatic carbocycles. The number of primary amides is 1. The second-order valence-electron chi connectivity index (χ2n) is 10.5. The SMILES string of the molecule is NC(=O)c1ccc(NC(=O)[C@H](CC2CCCCC2)NC(=O)[C@@H](N)CCCN=C(N)N)c(Oc2cccc(C(F)(F)F)c2)c1. The zero-order valence-corrected chi connectivity index (χ0v) is 23.7. The Morgan fingerprint density at radius 1 is 1.00 bits per heavy atom. The highest BCUT2D eigenvalue weighted by Gasteiger charge is 2.31. The van der Waals surface area contributed by atoms with Crippen LogP contribution in [0.15, 0.2) is 47.5 Å². The molecule has 1 aliphatic rings. The highest BCUT2D eigenvalue weighted by Crippen LogP contribution is 2.35. The van der Waals surface area contributed by atoms with Crippen molar-refractivity contribution in [1.29, 1.82) is 0 Å². The number of rotatable bonds is 13. The van der Waals surface area contributed by atoms with Crippen LogP contribution in [0, 0.1) is 5.92 Å². The summed E-state index contributed by atoms with van der Waals surface area (Å²) >= 11 is 0. The topological polar surface area (TPSA) is 201 Å². The minimum Gasteiger partial charge on any atom is -0.455 e. The Morgan fingerprint density at radius 3 is 2.37 bits per heavy atom. The summed E-state index contributed by atoms with van der Waals surface area (Å²) in [5.41, 5.74) is 21.2. The number of carbonyl (C=O) groups excluding carboxylic acids is 3. The number of guanidine groups is 1. The number of aliphatic imine (C=N–C) groups is 1. The van der Waals surface area contributed by atoms with Crippen LogP contribution in [0.2, 0.25) is 0 Å². The fourth-order valence-corrected chi connectivity index (χ4v) is 4.86. The number of ether oxygens (including phenoxy) is 1. The van der Waals surface area contributed by atoms with Crippen LogP contribution in [-0.2, 0) is 15.8 Å². The number of nitrogens with two attached hydrogens (primary N) is 4. The standard InChI is InChI=1S/C29H38F3N7O4/c30-29(31,32)19-8-4-9-20(16-19)43-24-15-18(25(34)40)11-12-22(24)38-27(42)23(14-17-6-2-1-3-7-17)39-26(41)21(33)10-5-13-37-28(35)36/h4,8-9,11-12,15-17,21,23H,1-3,5-7,10,13-14,33H2,(H2,34,40)(H,38,42)(H,39,41)(H4,35,36,37)/t21-,23-/m0/s1. The van der Waals surface area contributed by atoms with Crippen LogP contribution in [0.5, 0.6) is 11.5 Å². The van der Waals surface area contributed by atoms with Crippen LogP contribution >= 0.6 is 0 Å². The van der Waals surface area contributed by atoms with E-state index in [2.05, 4.69) is 15.6 Å². The highest BCUT2D eigenvalue weighted by molar-refractivity contribution is 6.00.